The maximum Gasteiger partial charge on any atom is 0.408 e. The number of hydrogen-bond donors (Lipinski definition) is 0. The van der Waals surface area contributed by atoms with E-state index in [0.29, 0.717) is 29.0 Å². The molecule has 2 aliphatic rings. The molecule has 0 radical (unpaired) electrons. The highest BCUT2D eigenvalue weighted by molar-refractivity contribution is 5.40. The Balaban J connectivity index is 1.35. The van der Waals surface area contributed by atoms with Gasteiger partial charge in [0.05, 0.1) is 0 Å². The number of ether oxygens (including phenoxy) is 1. The van der Waals surface area contributed by atoms with Crippen molar-refractivity contribution < 1.29 is 26.7 Å². The van der Waals surface area contributed by atoms with E-state index in [4.69, 9.17) is 4.74 Å². The summed E-state index contributed by atoms with van der Waals surface area (Å²) in [6.07, 6.45) is -0.626. The van der Waals surface area contributed by atoms with E-state index in [0.717, 1.165) is 49.6 Å². The molecule has 1 saturated heterocycles. The molecule has 2 atom stereocenters. The number of fused-ring (bicyclic) bond motifs is 2. The molecular formula is C23H23F5N6O. The minimum Gasteiger partial charge on any atom is -0.424 e. The molecule has 2 unspecified atom stereocenters. The highest BCUT2D eigenvalue weighted by atomic mass is 19.4. The largest absolute Gasteiger partial charge is 0.424 e. The summed E-state index contributed by atoms with van der Waals surface area (Å²) in [5.74, 6) is -0.184. The number of aryl methyl sites for hydroxylation is 1. The summed E-state index contributed by atoms with van der Waals surface area (Å²) in [5.41, 5.74) is 0.884. The lowest BCUT2D eigenvalue weighted by Crippen LogP contribution is -2.43. The van der Waals surface area contributed by atoms with Gasteiger partial charge in [-0.25, -0.2) is 23.4 Å². The molecule has 5 rings (SSSR count). The van der Waals surface area contributed by atoms with Gasteiger partial charge in [0, 0.05) is 49.5 Å². The van der Waals surface area contributed by atoms with Crippen LogP contribution in [0, 0.1) is 36.3 Å². The molecule has 2 bridgehead atoms. The van der Waals surface area contributed by atoms with Crippen LogP contribution in [0.1, 0.15) is 24.4 Å². The van der Waals surface area contributed by atoms with Gasteiger partial charge in [-0.2, -0.15) is 23.3 Å². The second-order valence-corrected chi connectivity index (χ2v) is 9.18. The Morgan fingerprint density at radius 3 is 2.31 bits per heavy atom. The molecule has 3 heterocycles. The van der Waals surface area contributed by atoms with Crippen molar-refractivity contribution >= 4 is 5.82 Å². The molecule has 0 amide bonds. The normalized spacial score (nSPS) is 22.0. The van der Waals surface area contributed by atoms with Crippen molar-refractivity contribution in [2.24, 2.45) is 17.8 Å². The van der Waals surface area contributed by atoms with Crippen LogP contribution in [0.15, 0.2) is 30.6 Å². The molecule has 0 N–H and O–H groups in total. The van der Waals surface area contributed by atoms with Gasteiger partial charge >= 0.3 is 12.2 Å². The predicted octanol–water partition coefficient (Wildman–Crippen LogP) is 4.71. The molecular weight excluding hydrogens is 471 g/mol. The van der Waals surface area contributed by atoms with Gasteiger partial charge in [0.1, 0.15) is 36.1 Å². The summed E-state index contributed by atoms with van der Waals surface area (Å²) in [6, 6.07) is 3.88. The van der Waals surface area contributed by atoms with E-state index in [9.17, 15) is 22.0 Å². The van der Waals surface area contributed by atoms with E-state index in [1.165, 1.54) is 0 Å². The zero-order valence-electron chi connectivity index (χ0n) is 18.8. The van der Waals surface area contributed by atoms with Crippen LogP contribution in [0.4, 0.5) is 27.8 Å². The van der Waals surface area contributed by atoms with Gasteiger partial charge in [0.25, 0.3) is 0 Å². The minimum absolute atomic E-state index is 0.204. The monoisotopic (exact) mass is 494 g/mol. The number of halogens is 5. The van der Waals surface area contributed by atoms with Crippen LogP contribution in [0.5, 0.6) is 11.8 Å². The van der Waals surface area contributed by atoms with Crippen molar-refractivity contribution in [2.75, 3.05) is 18.0 Å². The average molecular weight is 494 g/mol. The molecule has 186 valence electrons. The Morgan fingerprint density at radius 2 is 1.69 bits per heavy atom. The van der Waals surface area contributed by atoms with Crippen LogP contribution in [0.2, 0.25) is 0 Å². The van der Waals surface area contributed by atoms with Crippen molar-refractivity contribution in [3.05, 3.63) is 53.7 Å². The summed E-state index contributed by atoms with van der Waals surface area (Å²) >= 11 is 0. The Kier molecular flexibility index (Phi) is 6.06. The number of hydrogen-bond acceptors (Lipinski definition) is 6. The van der Waals surface area contributed by atoms with Gasteiger partial charge in [0.15, 0.2) is 5.82 Å². The van der Waals surface area contributed by atoms with Gasteiger partial charge < -0.3 is 9.64 Å². The zero-order chi connectivity index (χ0) is 24.7. The Bertz CT molecular complexity index is 1180. The third kappa shape index (κ3) is 5.35. The first kappa shape index (κ1) is 23.4. The van der Waals surface area contributed by atoms with Gasteiger partial charge in [-0.1, -0.05) is 0 Å². The Hall–Kier alpha value is -3.31. The molecule has 12 heteroatoms. The smallest absolute Gasteiger partial charge is 0.408 e. The Morgan fingerprint density at radius 1 is 1.00 bits per heavy atom. The van der Waals surface area contributed by atoms with E-state index in [2.05, 4.69) is 25.0 Å². The maximum atomic E-state index is 13.5. The first-order valence-corrected chi connectivity index (χ1v) is 11.3. The van der Waals surface area contributed by atoms with Crippen molar-refractivity contribution in [1.29, 1.82) is 0 Å². The quantitative estimate of drug-likeness (QED) is 0.462. The van der Waals surface area contributed by atoms with Gasteiger partial charge in [-0.15, -0.1) is 0 Å². The summed E-state index contributed by atoms with van der Waals surface area (Å²) in [6.45, 7) is 2.05. The lowest BCUT2D eigenvalue weighted by molar-refractivity contribution is -0.143. The molecule has 1 aliphatic heterocycles. The number of alkyl halides is 3. The summed E-state index contributed by atoms with van der Waals surface area (Å²) in [7, 11) is 0. The number of nitrogens with zero attached hydrogens (tertiary/aromatic N) is 6. The van der Waals surface area contributed by atoms with Crippen molar-refractivity contribution in [3.8, 4) is 11.8 Å². The van der Waals surface area contributed by atoms with Crippen molar-refractivity contribution in [3.63, 3.8) is 0 Å². The highest BCUT2D eigenvalue weighted by Crippen LogP contribution is 2.44. The molecule has 0 spiro atoms. The first-order chi connectivity index (χ1) is 16.6. The van der Waals surface area contributed by atoms with Crippen molar-refractivity contribution in [1.82, 2.24) is 24.7 Å². The van der Waals surface area contributed by atoms with Gasteiger partial charge in [-0.3, -0.25) is 0 Å². The lowest BCUT2D eigenvalue weighted by Gasteiger charge is -2.38. The number of aromatic nitrogens is 5. The van der Waals surface area contributed by atoms with E-state index in [1.807, 2.05) is 13.0 Å². The van der Waals surface area contributed by atoms with Crippen LogP contribution >= 0.6 is 0 Å². The second-order valence-electron chi connectivity index (χ2n) is 9.18. The topological polar surface area (TPSA) is 69.0 Å². The molecule has 2 fully saturated rings. The lowest BCUT2D eigenvalue weighted by atomic mass is 9.82. The predicted molar refractivity (Wildman–Crippen MR) is 115 cm³/mol. The van der Waals surface area contributed by atoms with Crippen LogP contribution in [0.25, 0.3) is 0 Å². The molecule has 1 aliphatic carbocycles. The summed E-state index contributed by atoms with van der Waals surface area (Å²) < 4.78 is 72.4. The minimum atomic E-state index is -4.57. The van der Waals surface area contributed by atoms with Crippen LogP contribution in [-0.4, -0.2) is 44.0 Å². The van der Waals surface area contributed by atoms with Gasteiger partial charge in [-0.05, 0) is 37.5 Å². The van der Waals surface area contributed by atoms with Crippen molar-refractivity contribution in [2.45, 2.75) is 38.9 Å². The summed E-state index contributed by atoms with van der Waals surface area (Å²) in [5, 5.41) is 4.05. The number of rotatable bonds is 6. The standard InChI is InChI=1S/C23H23F5N6O/c1-13-4-21(30-12-29-13)33-9-14-2-3-15(10-33)19(14)8-20-31-22(34(32-20)11-23(26,27)28)35-18-6-16(24)5-17(25)7-18/h4-7,12,14-15,19H,2-3,8-11H2,1H3. The first-order valence-electron chi connectivity index (χ1n) is 11.3. The molecule has 35 heavy (non-hydrogen) atoms. The Labute approximate surface area is 198 Å². The van der Waals surface area contributed by atoms with E-state index in [1.54, 1.807) is 6.33 Å². The average Bonchev–Trinajstić information content (AvgIpc) is 3.20. The second kappa shape index (κ2) is 9.04. The SMILES string of the molecule is Cc1cc(N2CC3CCC(C2)C3Cc2nc(Oc3cc(F)cc(F)c3)n(CC(F)(F)F)n2)ncn1. The highest BCUT2D eigenvalue weighted by Gasteiger charge is 2.43. The van der Waals surface area contributed by atoms with Crippen LogP contribution in [0.3, 0.4) is 0 Å². The zero-order valence-corrected chi connectivity index (χ0v) is 18.8. The van der Waals surface area contributed by atoms with Crippen LogP contribution in [-0.2, 0) is 13.0 Å². The van der Waals surface area contributed by atoms with E-state index in [-0.39, 0.29) is 17.5 Å². The molecule has 1 saturated carbocycles. The number of benzene rings is 1. The summed E-state index contributed by atoms with van der Waals surface area (Å²) in [4.78, 5) is 14.9. The van der Waals surface area contributed by atoms with E-state index >= 15 is 0 Å². The third-order valence-corrected chi connectivity index (χ3v) is 6.62. The molecule has 1 aromatic carbocycles. The van der Waals surface area contributed by atoms with Crippen LogP contribution < -0.4 is 9.64 Å². The molecule has 2 aromatic heterocycles. The molecule has 3 aromatic rings. The fourth-order valence-corrected chi connectivity index (χ4v) is 5.18. The fraction of sp³-hybridized carbons (Fsp3) is 0.478. The number of anilines is 1. The van der Waals surface area contributed by atoms with Gasteiger partial charge in [0.2, 0.25) is 0 Å². The number of piperidine rings is 1. The third-order valence-electron chi connectivity index (χ3n) is 6.62. The fourth-order valence-electron chi connectivity index (χ4n) is 5.18. The molecule has 7 nitrogen and oxygen atoms in total. The maximum absolute atomic E-state index is 13.5. The van der Waals surface area contributed by atoms with E-state index < -0.39 is 30.4 Å².